The van der Waals surface area contributed by atoms with Crippen LogP contribution >= 0.6 is 11.6 Å². The smallest absolute Gasteiger partial charge is 0.224 e. The molecule has 6 nitrogen and oxygen atoms in total. The molecule has 0 bridgehead atoms. The molecule has 0 atom stereocenters. The molecule has 3 aromatic rings. The lowest BCUT2D eigenvalue weighted by molar-refractivity contribution is -0.116. The Bertz CT molecular complexity index is 881. The fourth-order valence-corrected chi connectivity index (χ4v) is 2.58. The molecule has 0 aliphatic heterocycles. The van der Waals surface area contributed by atoms with Crippen molar-refractivity contribution in [3.63, 3.8) is 0 Å². The number of rotatable bonds is 7. The number of aromatic nitrogens is 3. The number of carbonyl (C=O) groups excluding carboxylic acids is 1. The summed E-state index contributed by atoms with van der Waals surface area (Å²) in [6.45, 7) is 2.38. The molecule has 1 amide bonds. The molecule has 26 heavy (non-hydrogen) atoms. The van der Waals surface area contributed by atoms with E-state index in [2.05, 4.69) is 15.6 Å². The van der Waals surface area contributed by atoms with Crippen molar-refractivity contribution in [3.8, 4) is 11.4 Å². The number of anilines is 1. The Balaban J connectivity index is 1.50. The van der Waals surface area contributed by atoms with E-state index in [1.54, 1.807) is 23.1 Å². The molecule has 3 rings (SSSR count). The summed E-state index contributed by atoms with van der Waals surface area (Å²) in [5.74, 6) is 0.678. The van der Waals surface area contributed by atoms with Crippen molar-refractivity contribution in [2.75, 3.05) is 11.9 Å². The molecule has 0 fully saturated rings. The maximum Gasteiger partial charge on any atom is 0.224 e. The standard InChI is InChI=1S/C19H19ClN4O2/c1-14-13-15(8-9-16(14)20)26-12-4-7-19(25)22-17-5-2-3-6-18(17)24-11-10-21-23-24/h2-3,5-6,8-11,13H,4,7,12H2,1H3,(H,22,25). The zero-order valence-corrected chi connectivity index (χ0v) is 15.1. The Morgan fingerprint density at radius 2 is 2.12 bits per heavy atom. The second-order valence-corrected chi connectivity index (χ2v) is 6.18. The van der Waals surface area contributed by atoms with Crippen LogP contribution in [-0.4, -0.2) is 27.5 Å². The van der Waals surface area contributed by atoms with Crippen LogP contribution in [0.1, 0.15) is 18.4 Å². The van der Waals surface area contributed by atoms with Crippen LogP contribution in [0, 0.1) is 6.92 Å². The first-order valence-electron chi connectivity index (χ1n) is 8.28. The van der Waals surface area contributed by atoms with Crippen molar-refractivity contribution < 1.29 is 9.53 Å². The van der Waals surface area contributed by atoms with Crippen molar-refractivity contribution in [1.29, 1.82) is 0 Å². The third kappa shape index (κ3) is 4.61. The minimum atomic E-state index is -0.0755. The highest BCUT2D eigenvalue weighted by molar-refractivity contribution is 6.31. The van der Waals surface area contributed by atoms with Gasteiger partial charge in [0, 0.05) is 11.4 Å². The van der Waals surface area contributed by atoms with Crippen LogP contribution in [0.2, 0.25) is 5.02 Å². The van der Waals surface area contributed by atoms with Gasteiger partial charge < -0.3 is 10.1 Å². The summed E-state index contributed by atoms with van der Waals surface area (Å²) >= 11 is 5.99. The molecule has 0 saturated carbocycles. The van der Waals surface area contributed by atoms with Gasteiger partial charge in [0.2, 0.25) is 5.91 Å². The Hall–Kier alpha value is -2.86. The number of benzene rings is 2. The number of aryl methyl sites for hydroxylation is 1. The van der Waals surface area contributed by atoms with Gasteiger partial charge in [-0.1, -0.05) is 28.9 Å². The molecule has 1 aromatic heterocycles. The molecule has 0 unspecified atom stereocenters. The van der Waals surface area contributed by atoms with Crippen molar-refractivity contribution >= 4 is 23.2 Å². The lowest BCUT2D eigenvalue weighted by Crippen LogP contribution is -2.14. The third-order valence-electron chi connectivity index (χ3n) is 3.79. The predicted molar refractivity (Wildman–Crippen MR) is 101 cm³/mol. The van der Waals surface area contributed by atoms with E-state index in [1.807, 2.05) is 43.3 Å². The SMILES string of the molecule is Cc1cc(OCCCC(=O)Nc2ccccc2-n2ccnn2)ccc1Cl. The van der Waals surface area contributed by atoms with Gasteiger partial charge in [-0.25, -0.2) is 4.68 Å². The van der Waals surface area contributed by atoms with Gasteiger partial charge in [0.15, 0.2) is 0 Å². The van der Waals surface area contributed by atoms with Crippen LogP contribution in [0.15, 0.2) is 54.9 Å². The Kier molecular flexibility index (Phi) is 5.86. The summed E-state index contributed by atoms with van der Waals surface area (Å²) in [4.78, 5) is 12.2. The van der Waals surface area contributed by atoms with Gasteiger partial charge in [-0.2, -0.15) is 0 Å². The van der Waals surface area contributed by atoms with Crippen molar-refractivity contribution in [2.45, 2.75) is 19.8 Å². The Morgan fingerprint density at radius 1 is 1.27 bits per heavy atom. The highest BCUT2D eigenvalue weighted by Gasteiger charge is 2.08. The van der Waals surface area contributed by atoms with Crippen LogP contribution < -0.4 is 10.1 Å². The van der Waals surface area contributed by atoms with E-state index in [1.165, 1.54) is 0 Å². The van der Waals surface area contributed by atoms with E-state index >= 15 is 0 Å². The average Bonchev–Trinajstić information content (AvgIpc) is 3.16. The minimum Gasteiger partial charge on any atom is -0.494 e. The zero-order chi connectivity index (χ0) is 18.4. The van der Waals surface area contributed by atoms with E-state index < -0.39 is 0 Å². The maximum atomic E-state index is 12.2. The van der Waals surface area contributed by atoms with Crippen molar-refractivity contribution in [1.82, 2.24) is 15.0 Å². The zero-order valence-electron chi connectivity index (χ0n) is 14.4. The van der Waals surface area contributed by atoms with Gasteiger partial charge in [-0.05, 0) is 49.2 Å². The summed E-state index contributed by atoms with van der Waals surface area (Å²) in [6.07, 6.45) is 4.29. The molecule has 1 N–H and O–H groups in total. The monoisotopic (exact) mass is 370 g/mol. The second kappa shape index (κ2) is 8.49. The number of ether oxygens (including phenoxy) is 1. The van der Waals surface area contributed by atoms with Gasteiger partial charge in [0.05, 0.1) is 30.4 Å². The third-order valence-corrected chi connectivity index (χ3v) is 4.22. The number of amides is 1. The molecule has 134 valence electrons. The summed E-state index contributed by atoms with van der Waals surface area (Å²) in [7, 11) is 0. The van der Waals surface area contributed by atoms with Crippen LogP contribution in [-0.2, 0) is 4.79 Å². The van der Waals surface area contributed by atoms with Crippen LogP contribution in [0.4, 0.5) is 5.69 Å². The number of halogens is 1. The van der Waals surface area contributed by atoms with Gasteiger partial charge in [0.1, 0.15) is 5.75 Å². The molecular formula is C19H19ClN4O2. The molecule has 1 heterocycles. The van der Waals surface area contributed by atoms with Crippen LogP contribution in [0.25, 0.3) is 5.69 Å². The number of nitrogens with zero attached hydrogens (tertiary/aromatic N) is 3. The van der Waals surface area contributed by atoms with Crippen molar-refractivity contribution in [3.05, 3.63) is 65.4 Å². The molecule has 0 saturated heterocycles. The lowest BCUT2D eigenvalue weighted by Gasteiger charge is -2.11. The number of nitrogens with one attached hydrogen (secondary N) is 1. The Labute approximate surface area is 156 Å². The first kappa shape index (κ1) is 17.9. The molecule has 0 spiro atoms. The second-order valence-electron chi connectivity index (χ2n) is 5.78. The lowest BCUT2D eigenvalue weighted by atomic mass is 10.2. The highest BCUT2D eigenvalue weighted by atomic mass is 35.5. The Morgan fingerprint density at radius 3 is 2.88 bits per heavy atom. The number of para-hydroxylation sites is 2. The van der Waals surface area contributed by atoms with Gasteiger partial charge >= 0.3 is 0 Å². The van der Waals surface area contributed by atoms with Gasteiger partial charge in [0.25, 0.3) is 0 Å². The van der Waals surface area contributed by atoms with E-state index in [-0.39, 0.29) is 5.91 Å². The fraction of sp³-hybridized carbons (Fsp3) is 0.211. The predicted octanol–water partition coefficient (Wildman–Crippen LogP) is 4.03. The van der Waals surface area contributed by atoms with Gasteiger partial charge in [-0.15, -0.1) is 5.10 Å². The first-order valence-corrected chi connectivity index (χ1v) is 8.66. The molecule has 7 heteroatoms. The topological polar surface area (TPSA) is 69.0 Å². The average molecular weight is 371 g/mol. The quantitative estimate of drug-likeness (QED) is 0.637. The first-order chi connectivity index (χ1) is 12.6. The normalized spacial score (nSPS) is 10.5. The van der Waals surface area contributed by atoms with E-state index in [9.17, 15) is 4.79 Å². The summed E-state index contributed by atoms with van der Waals surface area (Å²) in [6, 6.07) is 13.0. The fourth-order valence-electron chi connectivity index (χ4n) is 2.46. The summed E-state index contributed by atoms with van der Waals surface area (Å²) in [5, 5.41) is 11.4. The highest BCUT2D eigenvalue weighted by Crippen LogP contribution is 2.21. The number of hydrogen-bond donors (Lipinski definition) is 1. The minimum absolute atomic E-state index is 0.0755. The maximum absolute atomic E-state index is 12.2. The van der Waals surface area contributed by atoms with E-state index in [4.69, 9.17) is 16.3 Å². The van der Waals surface area contributed by atoms with E-state index in [0.717, 1.165) is 17.0 Å². The molecule has 0 radical (unpaired) electrons. The molecular weight excluding hydrogens is 352 g/mol. The van der Waals surface area contributed by atoms with E-state index in [0.29, 0.717) is 30.2 Å². The molecule has 2 aromatic carbocycles. The summed E-state index contributed by atoms with van der Waals surface area (Å²) in [5.41, 5.74) is 2.43. The molecule has 0 aliphatic rings. The van der Waals surface area contributed by atoms with Crippen LogP contribution in [0.3, 0.4) is 0 Å². The largest absolute Gasteiger partial charge is 0.494 e. The molecule has 0 aliphatic carbocycles. The van der Waals surface area contributed by atoms with Gasteiger partial charge in [-0.3, -0.25) is 4.79 Å². The van der Waals surface area contributed by atoms with Crippen molar-refractivity contribution in [2.24, 2.45) is 0 Å². The summed E-state index contributed by atoms with van der Waals surface area (Å²) < 4.78 is 7.28. The number of carbonyl (C=O) groups is 1. The van der Waals surface area contributed by atoms with Crippen LogP contribution in [0.5, 0.6) is 5.75 Å². The number of hydrogen-bond acceptors (Lipinski definition) is 4.